The summed E-state index contributed by atoms with van der Waals surface area (Å²) in [7, 11) is 0. The number of aryl methyl sites for hydroxylation is 1. The minimum absolute atomic E-state index is 0.120. The van der Waals surface area contributed by atoms with Crippen molar-refractivity contribution in [3.05, 3.63) is 128 Å². The standard InChI is InChI=1S/C32H31FN6O4/c1-21(40)35-25-15-13-22(14-16-25)18-27-36-29-30(37-27)38(17-7-12-28(41)34-19-23-8-3-2-4-9-23)32(43)39(31(29)42)20-24-10-5-6-11-26(24)33/h2-6,8-11,13-16H,7,12,17-20H2,1H3,(H,34,41)(H,35,40)(H,36,37). The van der Waals surface area contributed by atoms with Gasteiger partial charge in [-0.05, 0) is 35.7 Å². The Morgan fingerprint density at radius 3 is 2.35 bits per heavy atom. The lowest BCUT2D eigenvalue weighted by molar-refractivity contribution is -0.121. The van der Waals surface area contributed by atoms with Gasteiger partial charge in [0.25, 0.3) is 5.56 Å². The number of carbonyl (C=O) groups excluding carboxylic acids is 2. The van der Waals surface area contributed by atoms with E-state index in [1.54, 1.807) is 18.2 Å². The molecule has 0 aliphatic heterocycles. The molecule has 0 atom stereocenters. The highest BCUT2D eigenvalue weighted by Gasteiger charge is 2.19. The molecule has 0 fully saturated rings. The molecule has 5 rings (SSSR count). The van der Waals surface area contributed by atoms with Crippen molar-refractivity contribution >= 4 is 28.7 Å². The van der Waals surface area contributed by atoms with Crippen LogP contribution in [0.5, 0.6) is 0 Å². The average Bonchev–Trinajstić information content (AvgIpc) is 3.42. The quantitative estimate of drug-likeness (QED) is 0.219. The molecule has 3 aromatic carbocycles. The number of hydrogen-bond acceptors (Lipinski definition) is 5. The van der Waals surface area contributed by atoms with E-state index >= 15 is 0 Å². The summed E-state index contributed by atoms with van der Waals surface area (Å²) in [6.07, 6.45) is 0.809. The van der Waals surface area contributed by atoms with E-state index < -0.39 is 17.1 Å². The van der Waals surface area contributed by atoms with Gasteiger partial charge in [0.15, 0.2) is 5.65 Å². The van der Waals surface area contributed by atoms with Crippen molar-refractivity contribution in [1.29, 1.82) is 0 Å². The Balaban J connectivity index is 1.41. The van der Waals surface area contributed by atoms with Crippen LogP contribution in [-0.2, 0) is 35.6 Å². The molecule has 2 aromatic heterocycles. The van der Waals surface area contributed by atoms with Gasteiger partial charge in [-0.1, -0.05) is 60.7 Å². The van der Waals surface area contributed by atoms with Crippen LogP contribution in [0.15, 0.2) is 88.5 Å². The maximum Gasteiger partial charge on any atom is 0.333 e. The lowest BCUT2D eigenvalue weighted by Crippen LogP contribution is -2.40. The van der Waals surface area contributed by atoms with Crippen LogP contribution >= 0.6 is 0 Å². The molecule has 43 heavy (non-hydrogen) atoms. The van der Waals surface area contributed by atoms with Crippen LogP contribution in [0, 0.1) is 5.82 Å². The summed E-state index contributed by atoms with van der Waals surface area (Å²) in [5.41, 5.74) is 1.74. The molecule has 0 bridgehead atoms. The van der Waals surface area contributed by atoms with E-state index in [9.17, 15) is 23.6 Å². The number of aromatic nitrogens is 4. The van der Waals surface area contributed by atoms with E-state index in [1.165, 1.54) is 29.7 Å². The third-order valence-electron chi connectivity index (χ3n) is 6.96. The zero-order valence-corrected chi connectivity index (χ0v) is 23.6. The summed E-state index contributed by atoms with van der Waals surface area (Å²) in [6.45, 7) is 1.70. The molecule has 2 amide bonds. The van der Waals surface area contributed by atoms with Crippen molar-refractivity contribution in [2.45, 2.75) is 45.8 Å². The summed E-state index contributed by atoms with van der Waals surface area (Å²) < 4.78 is 16.8. The largest absolute Gasteiger partial charge is 0.352 e. The SMILES string of the molecule is CC(=O)Nc1ccc(Cc2nc3c([nH]2)c(=O)n(Cc2ccccc2F)c(=O)n3CCCC(=O)NCc2ccccc2)cc1. The Morgan fingerprint density at radius 2 is 1.63 bits per heavy atom. The van der Waals surface area contributed by atoms with Crippen molar-refractivity contribution in [2.75, 3.05) is 5.32 Å². The molecule has 0 saturated heterocycles. The highest BCUT2D eigenvalue weighted by atomic mass is 19.1. The van der Waals surface area contributed by atoms with Crippen LogP contribution in [0.25, 0.3) is 11.2 Å². The molecule has 3 N–H and O–H groups in total. The van der Waals surface area contributed by atoms with Gasteiger partial charge in [-0.2, -0.15) is 0 Å². The molecule has 0 saturated carbocycles. The first-order valence-corrected chi connectivity index (χ1v) is 13.9. The maximum atomic E-state index is 14.5. The first-order chi connectivity index (χ1) is 20.8. The van der Waals surface area contributed by atoms with Crippen molar-refractivity contribution in [3.8, 4) is 0 Å². The maximum absolute atomic E-state index is 14.5. The predicted molar refractivity (Wildman–Crippen MR) is 161 cm³/mol. The second kappa shape index (κ2) is 13.1. The van der Waals surface area contributed by atoms with Crippen molar-refractivity contribution in [2.24, 2.45) is 0 Å². The number of anilines is 1. The molecule has 2 heterocycles. The molecule has 0 aliphatic rings. The number of H-pyrrole nitrogens is 1. The van der Waals surface area contributed by atoms with Gasteiger partial charge in [-0.15, -0.1) is 0 Å². The number of rotatable bonds is 11. The molecular formula is C32H31FN6O4. The van der Waals surface area contributed by atoms with Gasteiger partial charge in [0, 0.05) is 44.1 Å². The van der Waals surface area contributed by atoms with E-state index in [-0.39, 0.29) is 48.1 Å². The van der Waals surface area contributed by atoms with Crippen LogP contribution < -0.4 is 21.9 Å². The summed E-state index contributed by atoms with van der Waals surface area (Å²) in [4.78, 5) is 58.6. The Kier molecular flexibility index (Phi) is 8.90. The zero-order valence-electron chi connectivity index (χ0n) is 23.6. The zero-order chi connectivity index (χ0) is 30.3. The molecule has 0 spiro atoms. The van der Waals surface area contributed by atoms with Gasteiger partial charge in [0.2, 0.25) is 11.8 Å². The number of amides is 2. The van der Waals surface area contributed by atoms with Gasteiger partial charge in [-0.3, -0.25) is 23.5 Å². The number of hydrogen-bond donors (Lipinski definition) is 3. The fraction of sp³-hybridized carbons (Fsp3) is 0.219. The van der Waals surface area contributed by atoms with E-state index in [4.69, 9.17) is 0 Å². The summed E-state index contributed by atoms with van der Waals surface area (Å²) >= 11 is 0. The van der Waals surface area contributed by atoms with Gasteiger partial charge < -0.3 is 15.6 Å². The van der Waals surface area contributed by atoms with E-state index in [0.29, 0.717) is 30.9 Å². The fourth-order valence-corrected chi connectivity index (χ4v) is 4.82. The Labute approximate surface area is 246 Å². The monoisotopic (exact) mass is 582 g/mol. The van der Waals surface area contributed by atoms with Crippen LogP contribution in [0.2, 0.25) is 0 Å². The number of aromatic amines is 1. The average molecular weight is 583 g/mol. The van der Waals surface area contributed by atoms with Gasteiger partial charge in [0.05, 0.1) is 6.54 Å². The number of benzene rings is 3. The van der Waals surface area contributed by atoms with Crippen molar-refractivity contribution in [1.82, 2.24) is 24.4 Å². The molecule has 11 heteroatoms. The van der Waals surface area contributed by atoms with Gasteiger partial charge >= 0.3 is 5.69 Å². The number of fused-ring (bicyclic) bond motifs is 1. The molecule has 0 unspecified atom stereocenters. The lowest BCUT2D eigenvalue weighted by atomic mass is 10.1. The minimum Gasteiger partial charge on any atom is -0.352 e. The first kappa shape index (κ1) is 29.2. The second-order valence-corrected chi connectivity index (χ2v) is 10.2. The summed E-state index contributed by atoms with van der Waals surface area (Å²) in [5.74, 6) is -0.415. The van der Waals surface area contributed by atoms with E-state index in [0.717, 1.165) is 15.7 Å². The minimum atomic E-state index is -0.636. The molecule has 0 aliphatic carbocycles. The number of imidazole rings is 1. The molecule has 5 aromatic rings. The number of carbonyl (C=O) groups is 2. The third kappa shape index (κ3) is 7.13. The Hall–Kier alpha value is -5.32. The molecule has 10 nitrogen and oxygen atoms in total. The smallest absolute Gasteiger partial charge is 0.333 e. The van der Waals surface area contributed by atoms with E-state index in [2.05, 4.69) is 20.6 Å². The summed E-state index contributed by atoms with van der Waals surface area (Å²) in [6, 6.07) is 22.7. The predicted octanol–water partition coefficient (Wildman–Crippen LogP) is 3.72. The fourth-order valence-electron chi connectivity index (χ4n) is 4.82. The summed E-state index contributed by atoms with van der Waals surface area (Å²) in [5, 5.41) is 5.59. The topological polar surface area (TPSA) is 131 Å². The molecule has 220 valence electrons. The normalized spacial score (nSPS) is 11.0. The Morgan fingerprint density at radius 1 is 0.907 bits per heavy atom. The molecular weight excluding hydrogens is 551 g/mol. The third-order valence-corrected chi connectivity index (χ3v) is 6.96. The number of nitrogens with zero attached hydrogens (tertiary/aromatic N) is 3. The molecule has 0 radical (unpaired) electrons. The number of nitrogens with one attached hydrogen (secondary N) is 3. The van der Waals surface area contributed by atoms with Crippen LogP contribution in [0.4, 0.5) is 10.1 Å². The number of halogens is 1. The highest BCUT2D eigenvalue weighted by Crippen LogP contribution is 2.15. The second-order valence-electron chi connectivity index (χ2n) is 10.2. The van der Waals surface area contributed by atoms with Crippen LogP contribution in [0.1, 0.15) is 42.3 Å². The highest BCUT2D eigenvalue weighted by molar-refractivity contribution is 5.88. The van der Waals surface area contributed by atoms with E-state index in [1.807, 2.05) is 42.5 Å². The lowest BCUT2D eigenvalue weighted by Gasteiger charge is -2.12. The van der Waals surface area contributed by atoms with Gasteiger partial charge in [-0.25, -0.2) is 14.2 Å². The van der Waals surface area contributed by atoms with Gasteiger partial charge in [0.1, 0.15) is 17.2 Å². The van der Waals surface area contributed by atoms with Crippen molar-refractivity contribution < 1.29 is 14.0 Å². The van der Waals surface area contributed by atoms with Crippen molar-refractivity contribution in [3.63, 3.8) is 0 Å². The van der Waals surface area contributed by atoms with Crippen LogP contribution in [0.3, 0.4) is 0 Å². The van der Waals surface area contributed by atoms with Crippen LogP contribution in [-0.4, -0.2) is 30.9 Å². The first-order valence-electron chi connectivity index (χ1n) is 13.9. The Bertz CT molecular complexity index is 1880.